The number of aromatic nitrogens is 3. The molecule has 6 heteroatoms. The van der Waals surface area contributed by atoms with E-state index in [1.807, 2.05) is 10.7 Å². The standard InChI is InChI=1S/C15H20ClIN4/c1-3-7-18-14(9-15-19-10-20-21(15)4-2)11-5-6-13(17)12(16)8-11/h5-6,8,10,14,18H,3-4,7,9H2,1-2H3. The highest BCUT2D eigenvalue weighted by atomic mass is 127. The monoisotopic (exact) mass is 418 g/mol. The van der Waals surface area contributed by atoms with Gasteiger partial charge in [-0.3, -0.25) is 4.68 Å². The number of nitrogens with one attached hydrogen (secondary N) is 1. The lowest BCUT2D eigenvalue weighted by atomic mass is 10.0. The first-order chi connectivity index (χ1) is 10.2. The molecular formula is C15H20ClIN4. The Morgan fingerprint density at radius 1 is 1.38 bits per heavy atom. The molecule has 1 aromatic carbocycles. The third-order valence-corrected chi connectivity index (χ3v) is 4.94. The molecule has 1 heterocycles. The van der Waals surface area contributed by atoms with Crippen LogP contribution in [0.4, 0.5) is 0 Å². The summed E-state index contributed by atoms with van der Waals surface area (Å²) in [6, 6.07) is 6.44. The van der Waals surface area contributed by atoms with Crippen molar-refractivity contribution in [3.63, 3.8) is 0 Å². The summed E-state index contributed by atoms with van der Waals surface area (Å²) in [4.78, 5) is 4.38. The highest BCUT2D eigenvalue weighted by Crippen LogP contribution is 2.25. The SMILES string of the molecule is CCCNC(Cc1ncnn1CC)c1ccc(I)c(Cl)c1. The van der Waals surface area contributed by atoms with Crippen molar-refractivity contribution in [2.75, 3.05) is 6.54 Å². The van der Waals surface area contributed by atoms with Gasteiger partial charge >= 0.3 is 0 Å². The van der Waals surface area contributed by atoms with Gasteiger partial charge in [0.15, 0.2) is 0 Å². The summed E-state index contributed by atoms with van der Waals surface area (Å²) in [5.41, 5.74) is 1.19. The Balaban J connectivity index is 2.23. The maximum Gasteiger partial charge on any atom is 0.138 e. The second-order valence-electron chi connectivity index (χ2n) is 4.88. The Morgan fingerprint density at radius 3 is 2.86 bits per heavy atom. The smallest absolute Gasteiger partial charge is 0.138 e. The first-order valence-electron chi connectivity index (χ1n) is 7.20. The van der Waals surface area contributed by atoms with Gasteiger partial charge in [0.05, 0.1) is 5.02 Å². The molecule has 2 rings (SSSR count). The third kappa shape index (κ3) is 4.40. The maximum atomic E-state index is 6.26. The number of halogens is 2. The Labute approximate surface area is 144 Å². The van der Waals surface area contributed by atoms with Crippen molar-refractivity contribution in [1.82, 2.24) is 20.1 Å². The molecule has 1 N–H and O–H groups in total. The molecular weight excluding hydrogens is 399 g/mol. The van der Waals surface area contributed by atoms with E-state index in [2.05, 4.69) is 64.0 Å². The Morgan fingerprint density at radius 2 is 2.19 bits per heavy atom. The van der Waals surface area contributed by atoms with E-state index in [-0.39, 0.29) is 6.04 Å². The fraction of sp³-hybridized carbons (Fsp3) is 0.467. The largest absolute Gasteiger partial charge is 0.310 e. The number of rotatable bonds is 7. The van der Waals surface area contributed by atoms with Crippen LogP contribution in [0.15, 0.2) is 24.5 Å². The van der Waals surface area contributed by atoms with Crippen molar-refractivity contribution in [2.45, 2.75) is 39.3 Å². The molecule has 0 amide bonds. The van der Waals surface area contributed by atoms with Crippen LogP contribution in [-0.4, -0.2) is 21.3 Å². The summed E-state index contributed by atoms with van der Waals surface area (Å²) in [6.45, 7) is 6.05. The molecule has 21 heavy (non-hydrogen) atoms. The van der Waals surface area contributed by atoms with E-state index in [4.69, 9.17) is 11.6 Å². The molecule has 0 aliphatic carbocycles. The summed E-state index contributed by atoms with van der Waals surface area (Å²) >= 11 is 8.51. The van der Waals surface area contributed by atoms with Gasteiger partial charge in [0.25, 0.3) is 0 Å². The number of nitrogens with zero attached hydrogens (tertiary/aromatic N) is 3. The zero-order valence-electron chi connectivity index (χ0n) is 12.3. The van der Waals surface area contributed by atoms with Crippen LogP contribution in [0.25, 0.3) is 0 Å². The van der Waals surface area contributed by atoms with Crippen molar-refractivity contribution >= 4 is 34.2 Å². The molecule has 2 aromatic rings. The van der Waals surface area contributed by atoms with Gasteiger partial charge in [0, 0.05) is 22.6 Å². The summed E-state index contributed by atoms with van der Waals surface area (Å²) in [5.74, 6) is 1.00. The topological polar surface area (TPSA) is 42.7 Å². The van der Waals surface area contributed by atoms with Crippen LogP contribution in [-0.2, 0) is 13.0 Å². The summed E-state index contributed by atoms with van der Waals surface area (Å²) in [6.07, 6.45) is 3.52. The molecule has 0 aliphatic heterocycles. The maximum absolute atomic E-state index is 6.26. The van der Waals surface area contributed by atoms with Crippen LogP contribution >= 0.6 is 34.2 Å². The molecule has 1 aromatic heterocycles. The Bertz CT molecular complexity index is 585. The van der Waals surface area contributed by atoms with Gasteiger partial charge in [0.2, 0.25) is 0 Å². The van der Waals surface area contributed by atoms with Crippen LogP contribution in [0.3, 0.4) is 0 Å². The molecule has 114 valence electrons. The summed E-state index contributed by atoms with van der Waals surface area (Å²) in [7, 11) is 0. The highest BCUT2D eigenvalue weighted by molar-refractivity contribution is 14.1. The van der Waals surface area contributed by atoms with E-state index in [1.54, 1.807) is 6.33 Å². The fourth-order valence-electron chi connectivity index (χ4n) is 2.25. The van der Waals surface area contributed by atoms with E-state index in [0.29, 0.717) is 0 Å². The predicted molar refractivity (Wildman–Crippen MR) is 94.6 cm³/mol. The molecule has 0 saturated heterocycles. The molecule has 0 saturated carbocycles. The van der Waals surface area contributed by atoms with Crippen molar-refractivity contribution in [1.29, 1.82) is 0 Å². The molecule has 0 bridgehead atoms. The second kappa shape index (κ2) is 8.10. The molecule has 0 fully saturated rings. The van der Waals surface area contributed by atoms with Crippen molar-refractivity contribution in [3.8, 4) is 0 Å². The third-order valence-electron chi connectivity index (χ3n) is 3.37. The molecule has 1 unspecified atom stereocenters. The van der Waals surface area contributed by atoms with Gasteiger partial charge in [-0.05, 0) is 60.2 Å². The fourth-order valence-corrected chi connectivity index (χ4v) is 2.77. The highest BCUT2D eigenvalue weighted by Gasteiger charge is 2.16. The van der Waals surface area contributed by atoms with Gasteiger partial charge in [-0.1, -0.05) is 24.6 Å². The van der Waals surface area contributed by atoms with Crippen LogP contribution < -0.4 is 5.32 Å². The first-order valence-corrected chi connectivity index (χ1v) is 8.66. The van der Waals surface area contributed by atoms with Gasteiger partial charge < -0.3 is 5.32 Å². The zero-order chi connectivity index (χ0) is 15.2. The van der Waals surface area contributed by atoms with Crippen LogP contribution in [0.2, 0.25) is 5.02 Å². The van der Waals surface area contributed by atoms with Crippen LogP contribution in [0.5, 0.6) is 0 Å². The summed E-state index contributed by atoms with van der Waals surface area (Å²) in [5, 5.41) is 8.62. The average Bonchev–Trinajstić information content (AvgIpc) is 2.93. The van der Waals surface area contributed by atoms with E-state index < -0.39 is 0 Å². The lowest BCUT2D eigenvalue weighted by Crippen LogP contribution is -2.25. The Hall–Kier alpha value is -0.660. The lowest BCUT2D eigenvalue weighted by Gasteiger charge is -2.19. The van der Waals surface area contributed by atoms with E-state index in [1.165, 1.54) is 5.56 Å². The van der Waals surface area contributed by atoms with Gasteiger partial charge in [-0.2, -0.15) is 5.10 Å². The predicted octanol–water partition coefficient (Wildman–Crippen LogP) is 3.84. The lowest BCUT2D eigenvalue weighted by molar-refractivity contribution is 0.497. The molecule has 0 aliphatic rings. The second-order valence-corrected chi connectivity index (χ2v) is 6.45. The minimum atomic E-state index is 0.203. The molecule has 1 atom stereocenters. The molecule has 0 radical (unpaired) electrons. The number of hydrogen-bond donors (Lipinski definition) is 1. The normalized spacial score (nSPS) is 12.6. The average molecular weight is 419 g/mol. The van der Waals surface area contributed by atoms with Crippen molar-refractivity contribution in [2.24, 2.45) is 0 Å². The van der Waals surface area contributed by atoms with Gasteiger partial charge in [0.1, 0.15) is 12.2 Å². The van der Waals surface area contributed by atoms with Crippen LogP contribution in [0.1, 0.15) is 37.7 Å². The van der Waals surface area contributed by atoms with E-state index in [0.717, 1.165) is 40.3 Å². The van der Waals surface area contributed by atoms with E-state index in [9.17, 15) is 0 Å². The minimum absolute atomic E-state index is 0.203. The number of benzene rings is 1. The van der Waals surface area contributed by atoms with Crippen LogP contribution in [0, 0.1) is 3.57 Å². The molecule has 4 nitrogen and oxygen atoms in total. The first kappa shape index (κ1) is 16.7. The van der Waals surface area contributed by atoms with Crippen molar-refractivity contribution in [3.05, 3.63) is 44.5 Å². The van der Waals surface area contributed by atoms with E-state index >= 15 is 0 Å². The summed E-state index contributed by atoms with van der Waals surface area (Å²) < 4.78 is 3.01. The van der Waals surface area contributed by atoms with Crippen molar-refractivity contribution < 1.29 is 0 Å². The minimum Gasteiger partial charge on any atom is -0.310 e. The zero-order valence-corrected chi connectivity index (χ0v) is 15.2. The number of hydrogen-bond acceptors (Lipinski definition) is 3. The molecule has 0 spiro atoms. The quantitative estimate of drug-likeness (QED) is 0.695. The van der Waals surface area contributed by atoms with Gasteiger partial charge in [-0.25, -0.2) is 4.98 Å². The number of aryl methyl sites for hydroxylation is 1. The van der Waals surface area contributed by atoms with Gasteiger partial charge in [-0.15, -0.1) is 0 Å². The Kier molecular flexibility index (Phi) is 6.44.